The number of aliphatic hydroxyl groups is 3. The summed E-state index contributed by atoms with van der Waals surface area (Å²) in [6.45, 7) is 2.72. The molecule has 0 radical (unpaired) electrons. The zero-order valence-corrected chi connectivity index (χ0v) is 8.52. The molecular weight excluding hydrogens is 210 g/mol. The van der Waals surface area contributed by atoms with Crippen LogP contribution >= 0.6 is 0 Å². The SMILES string of the molecule is CC1(O)N(O)C(C)(O)N(O)C(C)(O)N1O. The summed E-state index contributed by atoms with van der Waals surface area (Å²) in [6, 6.07) is 0. The first-order chi connectivity index (χ1) is 6.46. The third-order valence-corrected chi connectivity index (χ3v) is 2.41. The molecule has 0 saturated carbocycles. The highest BCUT2D eigenvalue weighted by molar-refractivity contribution is 4.86. The van der Waals surface area contributed by atoms with Crippen LogP contribution in [0.1, 0.15) is 20.8 Å². The van der Waals surface area contributed by atoms with Crippen LogP contribution in [-0.4, -0.2) is 63.7 Å². The van der Waals surface area contributed by atoms with Crippen molar-refractivity contribution in [1.29, 1.82) is 0 Å². The van der Waals surface area contributed by atoms with Gasteiger partial charge in [0.15, 0.2) is 0 Å². The lowest BCUT2D eigenvalue weighted by atomic mass is 10.2. The Morgan fingerprint density at radius 3 is 0.867 bits per heavy atom. The Morgan fingerprint density at radius 1 is 0.600 bits per heavy atom. The van der Waals surface area contributed by atoms with Gasteiger partial charge in [-0.25, -0.2) is 0 Å². The second-order valence-corrected chi connectivity index (χ2v) is 3.85. The molecule has 15 heavy (non-hydrogen) atoms. The molecule has 0 aromatic heterocycles. The van der Waals surface area contributed by atoms with Crippen molar-refractivity contribution >= 4 is 0 Å². The van der Waals surface area contributed by atoms with Gasteiger partial charge in [0, 0.05) is 0 Å². The van der Waals surface area contributed by atoms with Crippen LogP contribution in [0.4, 0.5) is 0 Å². The molecular formula is C6H15N3O6. The van der Waals surface area contributed by atoms with Gasteiger partial charge in [-0.2, -0.15) is 0 Å². The summed E-state index contributed by atoms with van der Waals surface area (Å²) in [7, 11) is 0. The largest absolute Gasteiger partial charge is 0.360 e. The highest BCUT2D eigenvalue weighted by atomic mass is 16.7. The van der Waals surface area contributed by atoms with Crippen molar-refractivity contribution < 1.29 is 30.9 Å². The molecule has 0 bridgehead atoms. The normalized spacial score (nSPS) is 51.0. The van der Waals surface area contributed by atoms with E-state index in [1.54, 1.807) is 0 Å². The van der Waals surface area contributed by atoms with Crippen molar-refractivity contribution in [2.75, 3.05) is 0 Å². The molecule has 1 aliphatic heterocycles. The first-order valence-corrected chi connectivity index (χ1v) is 4.11. The van der Waals surface area contributed by atoms with Gasteiger partial charge in [-0.3, -0.25) is 0 Å². The van der Waals surface area contributed by atoms with Crippen molar-refractivity contribution in [3.05, 3.63) is 0 Å². The summed E-state index contributed by atoms with van der Waals surface area (Å²) in [5.74, 6) is -7.44. The van der Waals surface area contributed by atoms with Crippen LogP contribution in [0.5, 0.6) is 0 Å². The summed E-state index contributed by atoms with van der Waals surface area (Å²) in [4.78, 5) is 0. The third kappa shape index (κ3) is 1.45. The van der Waals surface area contributed by atoms with E-state index in [-0.39, 0.29) is 15.2 Å². The molecule has 90 valence electrons. The van der Waals surface area contributed by atoms with Crippen LogP contribution < -0.4 is 0 Å². The predicted octanol–water partition coefficient (Wildman–Crippen LogP) is -1.93. The van der Waals surface area contributed by atoms with Crippen LogP contribution in [-0.2, 0) is 0 Å². The van der Waals surface area contributed by atoms with E-state index in [0.29, 0.717) is 0 Å². The Hall–Kier alpha value is -0.360. The zero-order valence-electron chi connectivity index (χ0n) is 8.52. The highest BCUT2D eigenvalue weighted by Gasteiger charge is 2.63. The fraction of sp³-hybridized carbons (Fsp3) is 1.00. The third-order valence-electron chi connectivity index (χ3n) is 2.41. The molecule has 9 heteroatoms. The summed E-state index contributed by atoms with van der Waals surface area (Å²) in [6.07, 6.45) is 0. The smallest absolute Gasteiger partial charge is 0.226 e. The standard InChI is InChI=1S/C6H15N3O6/c1-4(10)7(13)5(2,11)9(15)6(3,12)8(4)14/h10-15H,1-3H3. The maximum Gasteiger partial charge on any atom is 0.226 e. The lowest BCUT2D eigenvalue weighted by molar-refractivity contribution is -0.598. The number of rotatable bonds is 0. The van der Waals surface area contributed by atoms with Gasteiger partial charge in [-0.1, -0.05) is 15.2 Å². The average Bonchev–Trinajstić information content (AvgIpc) is 2.12. The van der Waals surface area contributed by atoms with Crippen molar-refractivity contribution in [3.63, 3.8) is 0 Å². The van der Waals surface area contributed by atoms with Crippen LogP contribution in [0.25, 0.3) is 0 Å². The van der Waals surface area contributed by atoms with Crippen LogP contribution in [0, 0.1) is 0 Å². The molecule has 6 N–H and O–H groups in total. The van der Waals surface area contributed by atoms with E-state index in [9.17, 15) is 30.9 Å². The van der Waals surface area contributed by atoms with Crippen LogP contribution in [0.3, 0.4) is 0 Å². The van der Waals surface area contributed by atoms with Crippen molar-refractivity contribution in [2.45, 2.75) is 38.3 Å². The second-order valence-electron chi connectivity index (χ2n) is 3.85. The zero-order chi connectivity index (χ0) is 12.2. The Labute approximate surface area is 85.5 Å². The van der Waals surface area contributed by atoms with Crippen molar-refractivity contribution in [2.24, 2.45) is 0 Å². The lowest BCUT2D eigenvalue weighted by Gasteiger charge is -2.57. The van der Waals surface area contributed by atoms with E-state index < -0.39 is 17.5 Å². The fourth-order valence-corrected chi connectivity index (χ4v) is 1.47. The molecule has 1 heterocycles. The maximum atomic E-state index is 9.59. The van der Waals surface area contributed by atoms with Gasteiger partial charge < -0.3 is 30.9 Å². The number of hydrogen-bond donors (Lipinski definition) is 6. The fourth-order valence-electron chi connectivity index (χ4n) is 1.47. The van der Waals surface area contributed by atoms with E-state index >= 15 is 0 Å². The predicted molar refractivity (Wildman–Crippen MR) is 42.7 cm³/mol. The van der Waals surface area contributed by atoms with Crippen LogP contribution in [0.15, 0.2) is 0 Å². The number of nitrogens with zero attached hydrogens (tertiary/aromatic N) is 3. The Kier molecular flexibility index (Phi) is 2.60. The lowest BCUT2D eigenvalue weighted by Crippen LogP contribution is -2.83. The van der Waals surface area contributed by atoms with Gasteiger partial charge in [0.05, 0.1) is 0 Å². The molecule has 0 spiro atoms. The van der Waals surface area contributed by atoms with Gasteiger partial charge >= 0.3 is 0 Å². The van der Waals surface area contributed by atoms with Gasteiger partial charge in [0.1, 0.15) is 0 Å². The minimum atomic E-state index is -2.48. The Balaban J connectivity index is 3.24. The van der Waals surface area contributed by atoms with Gasteiger partial charge in [0.2, 0.25) is 17.5 Å². The summed E-state index contributed by atoms with van der Waals surface area (Å²) < 4.78 is 0. The van der Waals surface area contributed by atoms with E-state index in [2.05, 4.69) is 0 Å². The maximum absolute atomic E-state index is 9.59. The molecule has 0 unspecified atom stereocenters. The molecule has 0 aromatic carbocycles. The molecule has 9 nitrogen and oxygen atoms in total. The second kappa shape index (κ2) is 3.07. The Morgan fingerprint density at radius 2 is 0.733 bits per heavy atom. The molecule has 1 fully saturated rings. The molecule has 1 rings (SSSR count). The molecule has 1 saturated heterocycles. The number of hydrogen-bond acceptors (Lipinski definition) is 9. The topological polar surface area (TPSA) is 131 Å². The minimum Gasteiger partial charge on any atom is -0.360 e. The Bertz CT molecular complexity index is 207. The highest BCUT2D eigenvalue weighted by Crippen LogP contribution is 2.37. The summed E-state index contributed by atoms with van der Waals surface area (Å²) in [5.41, 5.74) is 0. The van der Waals surface area contributed by atoms with E-state index in [0.717, 1.165) is 20.8 Å². The van der Waals surface area contributed by atoms with Crippen molar-refractivity contribution in [3.8, 4) is 0 Å². The van der Waals surface area contributed by atoms with E-state index in [1.807, 2.05) is 0 Å². The van der Waals surface area contributed by atoms with Gasteiger partial charge in [0.25, 0.3) is 0 Å². The first-order valence-electron chi connectivity index (χ1n) is 4.11. The van der Waals surface area contributed by atoms with Crippen LogP contribution in [0.2, 0.25) is 0 Å². The summed E-state index contributed by atoms with van der Waals surface area (Å²) >= 11 is 0. The average molecular weight is 225 g/mol. The van der Waals surface area contributed by atoms with Crippen molar-refractivity contribution in [1.82, 2.24) is 15.2 Å². The first kappa shape index (κ1) is 12.7. The number of hydroxylamine groups is 6. The summed E-state index contributed by atoms with van der Waals surface area (Å²) in [5, 5.41) is 56.5. The molecule has 0 aliphatic carbocycles. The molecule has 0 amide bonds. The molecule has 0 aromatic rings. The molecule has 1 aliphatic rings. The monoisotopic (exact) mass is 225 g/mol. The van der Waals surface area contributed by atoms with Gasteiger partial charge in [-0.15, -0.1) is 0 Å². The molecule has 0 atom stereocenters. The van der Waals surface area contributed by atoms with Gasteiger partial charge in [-0.05, 0) is 20.8 Å². The van der Waals surface area contributed by atoms with E-state index in [1.165, 1.54) is 0 Å². The van der Waals surface area contributed by atoms with E-state index in [4.69, 9.17) is 0 Å². The minimum absolute atomic E-state index is 0.127. The quantitative estimate of drug-likeness (QED) is 0.279.